The van der Waals surface area contributed by atoms with Crippen LogP contribution >= 0.6 is 15.9 Å². The first-order valence-corrected chi connectivity index (χ1v) is 7.44. The zero-order valence-electron chi connectivity index (χ0n) is 10.8. The molecular weight excluding hydrogens is 308 g/mol. The minimum absolute atomic E-state index is 0.857. The van der Waals surface area contributed by atoms with E-state index in [9.17, 15) is 0 Å². The van der Waals surface area contributed by atoms with Crippen LogP contribution in [-0.2, 0) is 11.2 Å². The number of morpholine rings is 1. The zero-order chi connectivity index (χ0) is 13.1. The summed E-state index contributed by atoms with van der Waals surface area (Å²) in [4.78, 5) is 6.78. The summed E-state index contributed by atoms with van der Waals surface area (Å²) in [6, 6.07) is 4.01. The average molecular weight is 325 g/mol. The summed E-state index contributed by atoms with van der Waals surface area (Å²) < 4.78 is 12.1. The number of furan rings is 1. The summed E-state index contributed by atoms with van der Waals surface area (Å²) in [5.41, 5.74) is 1.79. The molecule has 5 heteroatoms. The first-order chi connectivity index (χ1) is 9.31. The highest BCUT2D eigenvalue weighted by atomic mass is 79.9. The van der Waals surface area contributed by atoms with Gasteiger partial charge in [0.25, 0.3) is 0 Å². The van der Waals surface area contributed by atoms with E-state index in [-0.39, 0.29) is 0 Å². The molecule has 2 aromatic heterocycles. The highest BCUT2D eigenvalue weighted by Gasteiger charge is 2.10. The van der Waals surface area contributed by atoms with Crippen LogP contribution in [0.1, 0.15) is 12.2 Å². The summed E-state index contributed by atoms with van der Waals surface area (Å²) in [6.07, 6.45) is 3.88. The molecule has 0 unspecified atom stereocenters. The Hall–Kier alpha value is -0.910. The smallest absolute Gasteiger partial charge is 0.153 e. The fraction of sp³-hybridized carbons (Fsp3) is 0.500. The van der Waals surface area contributed by atoms with Crippen molar-refractivity contribution < 1.29 is 9.15 Å². The monoisotopic (exact) mass is 324 g/mol. The normalized spacial score (nSPS) is 17.1. The molecule has 1 saturated heterocycles. The molecule has 1 fully saturated rings. The molecule has 4 nitrogen and oxygen atoms in total. The third-order valence-corrected chi connectivity index (χ3v) is 3.82. The fourth-order valence-electron chi connectivity index (χ4n) is 2.37. The fourth-order valence-corrected chi connectivity index (χ4v) is 2.68. The Morgan fingerprint density at radius 1 is 1.26 bits per heavy atom. The second-order valence-corrected chi connectivity index (χ2v) is 5.72. The largest absolute Gasteiger partial charge is 0.459 e. The Bertz CT molecular complexity index is 549. The molecule has 0 atom stereocenters. The minimum Gasteiger partial charge on any atom is -0.459 e. The van der Waals surface area contributed by atoms with Gasteiger partial charge in [0.15, 0.2) is 5.58 Å². The van der Waals surface area contributed by atoms with Crippen molar-refractivity contribution in [3.8, 4) is 0 Å². The second kappa shape index (κ2) is 6.03. The molecule has 3 rings (SSSR count). The predicted molar refractivity (Wildman–Crippen MR) is 77.3 cm³/mol. The van der Waals surface area contributed by atoms with Gasteiger partial charge in [0.2, 0.25) is 0 Å². The van der Waals surface area contributed by atoms with Crippen LogP contribution in [0, 0.1) is 0 Å². The van der Waals surface area contributed by atoms with Crippen LogP contribution in [0.2, 0.25) is 0 Å². The van der Waals surface area contributed by atoms with E-state index in [4.69, 9.17) is 9.15 Å². The molecular formula is C14H17BrN2O2. The van der Waals surface area contributed by atoms with Gasteiger partial charge in [-0.25, -0.2) is 0 Å². The van der Waals surface area contributed by atoms with Crippen molar-refractivity contribution >= 4 is 27.0 Å². The van der Waals surface area contributed by atoms with Gasteiger partial charge in [0, 0.05) is 36.2 Å². The van der Waals surface area contributed by atoms with Gasteiger partial charge in [0.05, 0.1) is 13.2 Å². The van der Waals surface area contributed by atoms with E-state index in [0.29, 0.717) is 0 Å². The summed E-state index contributed by atoms with van der Waals surface area (Å²) in [5.74, 6) is 1.02. The Morgan fingerprint density at radius 3 is 2.95 bits per heavy atom. The van der Waals surface area contributed by atoms with Gasteiger partial charge in [-0.2, -0.15) is 0 Å². The standard InChI is InChI=1S/C14H17BrN2O2/c15-11-8-14-13(16-10-11)9-12(19-14)2-1-3-17-4-6-18-7-5-17/h8-10H,1-7H2. The maximum atomic E-state index is 5.80. The third kappa shape index (κ3) is 3.35. The number of aryl methyl sites for hydroxylation is 1. The Morgan fingerprint density at radius 2 is 2.11 bits per heavy atom. The van der Waals surface area contributed by atoms with Gasteiger partial charge in [0.1, 0.15) is 11.3 Å². The lowest BCUT2D eigenvalue weighted by Gasteiger charge is -2.26. The number of hydrogen-bond donors (Lipinski definition) is 0. The van der Waals surface area contributed by atoms with Crippen molar-refractivity contribution in [2.75, 3.05) is 32.8 Å². The lowest BCUT2D eigenvalue weighted by Crippen LogP contribution is -2.36. The van der Waals surface area contributed by atoms with Crippen molar-refractivity contribution in [2.45, 2.75) is 12.8 Å². The van der Waals surface area contributed by atoms with Crippen molar-refractivity contribution in [3.63, 3.8) is 0 Å². The third-order valence-electron chi connectivity index (χ3n) is 3.39. The molecule has 102 valence electrons. The van der Waals surface area contributed by atoms with Crippen LogP contribution in [0.3, 0.4) is 0 Å². The van der Waals surface area contributed by atoms with E-state index >= 15 is 0 Å². The Labute approximate surface area is 120 Å². The van der Waals surface area contributed by atoms with Crippen molar-refractivity contribution in [3.05, 3.63) is 28.6 Å². The zero-order valence-corrected chi connectivity index (χ0v) is 12.4. The summed E-state index contributed by atoms with van der Waals surface area (Å²) in [7, 11) is 0. The predicted octanol–water partition coefficient (Wildman–Crippen LogP) is 2.86. The SMILES string of the molecule is Brc1cnc2cc(CCCN3CCOCC3)oc2c1. The minimum atomic E-state index is 0.857. The maximum absolute atomic E-state index is 5.80. The molecule has 1 aliphatic heterocycles. The summed E-state index contributed by atoms with van der Waals surface area (Å²) in [5, 5.41) is 0. The molecule has 1 aliphatic rings. The number of fused-ring (bicyclic) bond motifs is 1. The lowest BCUT2D eigenvalue weighted by molar-refractivity contribution is 0.0373. The topological polar surface area (TPSA) is 38.5 Å². The molecule has 19 heavy (non-hydrogen) atoms. The van der Waals surface area contributed by atoms with Crippen molar-refractivity contribution in [2.24, 2.45) is 0 Å². The highest BCUT2D eigenvalue weighted by molar-refractivity contribution is 9.10. The number of rotatable bonds is 4. The van der Waals surface area contributed by atoms with Gasteiger partial charge in [-0.15, -0.1) is 0 Å². The molecule has 0 spiro atoms. The number of ether oxygens (including phenoxy) is 1. The number of pyridine rings is 1. The number of hydrogen-bond acceptors (Lipinski definition) is 4. The summed E-state index contributed by atoms with van der Waals surface area (Å²) >= 11 is 3.41. The molecule has 0 aliphatic carbocycles. The average Bonchev–Trinajstić information content (AvgIpc) is 2.82. The number of nitrogens with zero attached hydrogens (tertiary/aromatic N) is 2. The molecule has 3 heterocycles. The van der Waals surface area contributed by atoms with Crippen LogP contribution in [0.4, 0.5) is 0 Å². The van der Waals surface area contributed by atoms with E-state index in [1.165, 1.54) is 0 Å². The molecule has 0 saturated carbocycles. The molecule has 0 aromatic carbocycles. The van der Waals surface area contributed by atoms with Gasteiger partial charge in [-0.1, -0.05) is 0 Å². The van der Waals surface area contributed by atoms with Gasteiger partial charge in [-0.3, -0.25) is 9.88 Å². The van der Waals surface area contributed by atoms with Gasteiger partial charge in [-0.05, 0) is 35.0 Å². The number of halogens is 1. The lowest BCUT2D eigenvalue weighted by atomic mass is 10.2. The van der Waals surface area contributed by atoms with Gasteiger partial charge >= 0.3 is 0 Å². The van der Waals surface area contributed by atoms with Crippen LogP contribution in [0.15, 0.2) is 27.2 Å². The second-order valence-electron chi connectivity index (χ2n) is 4.81. The quantitative estimate of drug-likeness (QED) is 0.866. The van der Waals surface area contributed by atoms with Crippen LogP contribution in [-0.4, -0.2) is 42.7 Å². The van der Waals surface area contributed by atoms with Crippen LogP contribution < -0.4 is 0 Å². The van der Waals surface area contributed by atoms with Gasteiger partial charge < -0.3 is 9.15 Å². The molecule has 0 N–H and O–H groups in total. The van der Waals surface area contributed by atoms with E-state index < -0.39 is 0 Å². The van der Waals surface area contributed by atoms with Crippen LogP contribution in [0.25, 0.3) is 11.1 Å². The first kappa shape index (κ1) is 13.1. The van der Waals surface area contributed by atoms with E-state index in [1.54, 1.807) is 6.20 Å². The van der Waals surface area contributed by atoms with Crippen LogP contribution in [0.5, 0.6) is 0 Å². The number of aromatic nitrogens is 1. The maximum Gasteiger partial charge on any atom is 0.153 e. The van der Waals surface area contributed by atoms with Crippen molar-refractivity contribution in [1.82, 2.24) is 9.88 Å². The van der Waals surface area contributed by atoms with E-state index in [2.05, 4.69) is 25.8 Å². The molecule has 0 radical (unpaired) electrons. The highest BCUT2D eigenvalue weighted by Crippen LogP contribution is 2.21. The molecule has 2 aromatic rings. The van der Waals surface area contributed by atoms with E-state index in [0.717, 1.165) is 67.0 Å². The van der Waals surface area contributed by atoms with Crippen molar-refractivity contribution in [1.29, 1.82) is 0 Å². The first-order valence-electron chi connectivity index (χ1n) is 6.65. The molecule has 0 bridgehead atoms. The molecule has 0 amide bonds. The summed E-state index contributed by atoms with van der Waals surface area (Å²) in [6.45, 7) is 4.94. The van der Waals surface area contributed by atoms with E-state index in [1.807, 2.05) is 12.1 Å². The Balaban J connectivity index is 1.56. The Kier molecular flexibility index (Phi) is 4.15.